The van der Waals surface area contributed by atoms with E-state index in [2.05, 4.69) is 40.8 Å². The minimum absolute atomic E-state index is 0. The summed E-state index contributed by atoms with van der Waals surface area (Å²) in [5.41, 5.74) is 0. The van der Waals surface area contributed by atoms with Gasteiger partial charge in [-0.2, -0.15) is 0 Å². The van der Waals surface area contributed by atoms with Crippen molar-refractivity contribution >= 4 is 8.32 Å². The van der Waals surface area contributed by atoms with Crippen LogP contribution in [0.15, 0.2) is 0 Å². The van der Waals surface area contributed by atoms with Gasteiger partial charge in [0.2, 0.25) is 0 Å². The van der Waals surface area contributed by atoms with E-state index in [1.54, 1.807) is 0 Å². The number of halogens is 1. The van der Waals surface area contributed by atoms with Gasteiger partial charge in [-0.1, -0.05) is 0 Å². The Kier molecular flexibility index (Phi) is 6.49. The molecule has 0 aliphatic carbocycles. The smallest absolute Gasteiger partial charge is 0.184 e. The van der Waals surface area contributed by atoms with Crippen LogP contribution in [0.2, 0.25) is 19.6 Å². The Labute approximate surface area is 84.0 Å². The second-order valence-electron chi connectivity index (χ2n) is 4.97. The molecule has 0 heterocycles. The lowest BCUT2D eigenvalue weighted by Crippen LogP contribution is -3.00. The number of hydrogen-bond donors (Lipinski definition) is 0. The van der Waals surface area contributed by atoms with Crippen LogP contribution in [-0.2, 0) is 4.43 Å². The summed E-state index contributed by atoms with van der Waals surface area (Å²) in [6.45, 7) is 8.68. The predicted molar refractivity (Wildman–Crippen MR) is 52.2 cm³/mol. The summed E-state index contributed by atoms with van der Waals surface area (Å²) in [6, 6.07) is 0. The van der Waals surface area contributed by atoms with Gasteiger partial charge in [-0.25, -0.2) is 0 Å². The molecule has 0 atom stereocenters. The third kappa shape index (κ3) is 13.0. The molecule has 2 nitrogen and oxygen atoms in total. The molecule has 0 aliphatic rings. The van der Waals surface area contributed by atoms with Crippen LogP contribution in [0.4, 0.5) is 0 Å². The molecular weight excluding hydrogens is 190 g/mol. The average Bonchev–Trinajstić information content (AvgIpc) is 1.55. The zero-order chi connectivity index (χ0) is 9.12. The van der Waals surface area contributed by atoms with Gasteiger partial charge in [-0.05, 0) is 19.6 Å². The average molecular weight is 212 g/mol. The quantitative estimate of drug-likeness (QED) is 0.409. The molecule has 0 aromatic carbocycles. The molecule has 0 aliphatic heterocycles. The second kappa shape index (κ2) is 5.22. The molecule has 0 saturated carbocycles. The summed E-state index contributed by atoms with van der Waals surface area (Å²) in [4.78, 5) is 0. The van der Waals surface area contributed by atoms with Crippen molar-refractivity contribution in [1.82, 2.24) is 0 Å². The standard InChI is InChI=1S/C8H22NOSi.ClH/c1-9(2,3)7-8-10-11(4,5)6;/h7-8H2,1-6H3;1H/q+1;/p-1. The number of hydrogen-bond acceptors (Lipinski definition) is 1. The van der Waals surface area contributed by atoms with E-state index in [9.17, 15) is 0 Å². The summed E-state index contributed by atoms with van der Waals surface area (Å²) >= 11 is 0. The molecule has 4 heteroatoms. The highest BCUT2D eigenvalue weighted by atomic mass is 35.5. The van der Waals surface area contributed by atoms with Crippen molar-refractivity contribution < 1.29 is 21.3 Å². The minimum atomic E-state index is -1.27. The van der Waals surface area contributed by atoms with Gasteiger partial charge in [0.25, 0.3) is 0 Å². The van der Waals surface area contributed by atoms with E-state index >= 15 is 0 Å². The van der Waals surface area contributed by atoms with Crippen molar-refractivity contribution in [1.29, 1.82) is 0 Å². The SMILES string of the molecule is C[N+](C)(C)CCO[Si](C)(C)C.[Cl-]. The molecule has 0 N–H and O–H groups in total. The van der Waals surface area contributed by atoms with E-state index in [0.29, 0.717) is 0 Å². The van der Waals surface area contributed by atoms with E-state index in [4.69, 9.17) is 4.43 Å². The van der Waals surface area contributed by atoms with E-state index in [1.165, 1.54) is 0 Å². The summed E-state index contributed by atoms with van der Waals surface area (Å²) in [5.74, 6) is 0. The van der Waals surface area contributed by atoms with Crippen LogP contribution in [0.3, 0.4) is 0 Å². The molecule has 0 rings (SSSR count). The second-order valence-corrected chi connectivity index (χ2v) is 9.49. The molecule has 0 bridgehead atoms. The van der Waals surface area contributed by atoms with Crippen LogP contribution in [0.25, 0.3) is 0 Å². The highest BCUT2D eigenvalue weighted by Gasteiger charge is 2.15. The van der Waals surface area contributed by atoms with Crippen molar-refractivity contribution in [2.45, 2.75) is 19.6 Å². The first-order valence-electron chi connectivity index (χ1n) is 4.15. The monoisotopic (exact) mass is 211 g/mol. The maximum Gasteiger partial charge on any atom is 0.184 e. The van der Waals surface area contributed by atoms with Crippen LogP contribution >= 0.6 is 0 Å². The summed E-state index contributed by atoms with van der Waals surface area (Å²) in [6.07, 6.45) is 0. The molecule has 0 aromatic rings. The lowest BCUT2D eigenvalue weighted by Gasteiger charge is -2.26. The minimum Gasteiger partial charge on any atom is -1.00 e. The fourth-order valence-corrected chi connectivity index (χ4v) is 1.33. The Morgan fingerprint density at radius 3 is 1.75 bits per heavy atom. The van der Waals surface area contributed by atoms with E-state index in [1.807, 2.05) is 0 Å². The van der Waals surface area contributed by atoms with E-state index in [0.717, 1.165) is 17.6 Å². The Morgan fingerprint density at radius 2 is 1.50 bits per heavy atom. The summed E-state index contributed by atoms with van der Waals surface area (Å²) in [7, 11) is 5.30. The maximum absolute atomic E-state index is 5.73. The largest absolute Gasteiger partial charge is 1.00 e. The van der Waals surface area contributed by atoms with Crippen molar-refractivity contribution in [2.75, 3.05) is 34.3 Å². The van der Waals surface area contributed by atoms with Gasteiger partial charge >= 0.3 is 0 Å². The maximum atomic E-state index is 5.73. The van der Waals surface area contributed by atoms with Crippen LogP contribution in [-0.4, -0.2) is 47.1 Å². The van der Waals surface area contributed by atoms with Gasteiger partial charge in [0, 0.05) is 0 Å². The number of quaternary nitrogens is 1. The van der Waals surface area contributed by atoms with Crippen molar-refractivity contribution in [3.8, 4) is 0 Å². The summed E-state index contributed by atoms with van der Waals surface area (Å²) in [5, 5.41) is 0. The number of nitrogens with zero attached hydrogens (tertiary/aromatic N) is 1. The molecule has 76 valence electrons. The van der Waals surface area contributed by atoms with Crippen LogP contribution in [0.5, 0.6) is 0 Å². The Balaban J connectivity index is 0. The highest BCUT2D eigenvalue weighted by Crippen LogP contribution is 2.02. The van der Waals surface area contributed by atoms with Crippen molar-refractivity contribution in [3.63, 3.8) is 0 Å². The van der Waals surface area contributed by atoms with Crippen molar-refractivity contribution in [2.24, 2.45) is 0 Å². The molecule has 0 fully saturated rings. The lowest BCUT2D eigenvalue weighted by molar-refractivity contribution is -0.870. The normalized spacial score (nSPS) is 12.5. The zero-order valence-corrected chi connectivity index (χ0v) is 10.9. The van der Waals surface area contributed by atoms with E-state index < -0.39 is 8.32 Å². The van der Waals surface area contributed by atoms with Gasteiger partial charge in [0.05, 0.1) is 27.7 Å². The molecule has 0 amide bonds. The first kappa shape index (κ1) is 14.9. The molecule has 0 unspecified atom stereocenters. The number of rotatable bonds is 4. The van der Waals surface area contributed by atoms with Gasteiger partial charge < -0.3 is 21.3 Å². The topological polar surface area (TPSA) is 9.23 Å². The number of likely N-dealkylation sites (N-methyl/N-ethyl adjacent to an activating group) is 1. The fraction of sp³-hybridized carbons (Fsp3) is 1.00. The lowest BCUT2D eigenvalue weighted by atomic mass is 10.5. The first-order valence-corrected chi connectivity index (χ1v) is 7.56. The Morgan fingerprint density at radius 1 is 1.08 bits per heavy atom. The van der Waals surface area contributed by atoms with Gasteiger partial charge in [0.15, 0.2) is 8.32 Å². The van der Waals surface area contributed by atoms with E-state index in [-0.39, 0.29) is 12.4 Å². The molecular formula is C8H22ClNOSi. The summed E-state index contributed by atoms with van der Waals surface area (Å²) < 4.78 is 6.72. The molecule has 12 heavy (non-hydrogen) atoms. The predicted octanol–water partition coefficient (Wildman–Crippen LogP) is -1.45. The highest BCUT2D eigenvalue weighted by molar-refractivity contribution is 6.69. The third-order valence-electron chi connectivity index (χ3n) is 1.30. The molecule has 0 spiro atoms. The van der Waals surface area contributed by atoms with Crippen LogP contribution in [0.1, 0.15) is 0 Å². The van der Waals surface area contributed by atoms with Crippen LogP contribution in [0, 0.1) is 0 Å². The van der Waals surface area contributed by atoms with Crippen molar-refractivity contribution in [3.05, 3.63) is 0 Å². The van der Waals surface area contributed by atoms with Gasteiger partial charge in [0.1, 0.15) is 6.54 Å². The zero-order valence-electron chi connectivity index (χ0n) is 9.15. The Hall–Kier alpha value is 0.427. The Bertz CT molecular complexity index is 103. The molecule has 0 aromatic heterocycles. The first-order chi connectivity index (χ1) is 4.71. The molecule has 0 radical (unpaired) electrons. The van der Waals surface area contributed by atoms with Gasteiger partial charge in [-0.15, -0.1) is 0 Å². The van der Waals surface area contributed by atoms with Gasteiger partial charge in [-0.3, -0.25) is 0 Å². The fourth-order valence-electron chi connectivity index (χ4n) is 0.626. The third-order valence-corrected chi connectivity index (χ3v) is 2.37. The molecule has 0 saturated heterocycles. The van der Waals surface area contributed by atoms with Crippen LogP contribution < -0.4 is 12.4 Å².